The summed E-state index contributed by atoms with van der Waals surface area (Å²) in [4.78, 5) is 26.3. The van der Waals surface area contributed by atoms with Gasteiger partial charge in [-0.25, -0.2) is 13.1 Å². The van der Waals surface area contributed by atoms with Crippen LogP contribution in [0, 0.1) is 0 Å². The highest BCUT2D eigenvalue weighted by Gasteiger charge is 2.36. The molecule has 140 valence electrons. The van der Waals surface area contributed by atoms with Crippen molar-refractivity contribution in [2.75, 3.05) is 11.6 Å². The fourth-order valence-electron chi connectivity index (χ4n) is 2.45. The van der Waals surface area contributed by atoms with Crippen molar-refractivity contribution < 1.29 is 18.0 Å². The third-order valence-corrected chi connectivity index (χ3v) is 5.77. The number of benzene rings is 1. The lowest BCUT2D eigenvalue weighted by molar-refractivity contribution is -0.134. The zero-order valence-electron chi connectivity index (χ0n) is 14.7. The summed E-state index contributed by atoms with van der Waals surface area (Å²) in [5, 5.41) is 0.955. The van der Waals surface area contributed by atoms with Crippen molar-refractivity contribution in [3.05, 3.63) is 53.0 Å². The van der Waals surface area contributed by atoms with E-state index in [0.717, 1.165) is 5.41 Å². The van der Waals surface area contributed by atoms with Crippen LogP contribution in [0.5, 0.6) is 0 Å². The number of carbonyl (C=O) groups is 2. The minimum atomic E-state index is -3.94. The average Bonchev–Trinajstić information content (AvgIpc) is 3.10. The highest BCUT2D eigenvalue weighted by Crippen LogP contribution is 2.23. The molecule has 1 atom stereocenters. The molecule has 0 saturated carbocycles. The van der Waals surface area contributed by atoms with Gasteiger partial charge in [0.1, 0.15) is 6.04 Å². The topological polar surface area (TPSA) is 83.6 Å². The van der Waals surface area contributed by atoms with Crippen LogP contribution in [0.3, 0.4) is 0 Å². The first-order valence-corrected chi connectivity index (χ1v) is 10.9. The summed E-state index contributed by atoms with van der Waals surface area (Å²) in [6.07, 6.45) is 3.92. The van der Waals surface area contributed by atoms with E-state index in [1.54, 1.807) is 37.3 Å². The fourth-order valence-corrected chi connectivity index (χ4v) is 4.43. The van der Waals surface area contributed by atoms with Crippen LogP contribution in [-0.2, 0) is 19.6 Å². The summed E-state index contributed by atoms with van der Waals surface area (Å²) in [7, 11) is -3.94. The Labute approximate surface area is 158 Å². The van der Waals surface area contributed by atoms with E-state index in [-0.39, 0.29) is 5.91 Å². The Hall–Kier alpha value is -2.06. The number of thioether (sulfide) groups is 1. The molecule has 1 N–H and O–H groups in total. The van der Waals surface area contributed by atoms with Gasteiger partial charge in [-0.3, -0.25) is 9.59 Å². The molecule has 1 aliphatic heterocycles. The maximum atomic E-state index is 12.4. The van der Waals surface area contributed by atoms with Crippen molar-refractivity contribution in [3.63, 3.8) is 0 Å². The van der Waals surface area contributed by atoms with Crippen LogP contribution in [0.15, 0.2) is 47.4 Å². The fraction of sp³-hybridized carbons (Fsp3) is 0.333. The lowest BCUT2D eigenvalue weighted by atomic mass is 10.2. The molecule has 1 aromatic rings. The predicted molar refractivity (Wildman–Crippen MR) is 105 cm³/mol. The van der Waals surface area contributed by atoms with E-state index in [2.05, 4.69) is 0 Å². The van der Waals surface area contributed by atoms with Crippen LogP contribution >= 0.6 is 11.8 Å². The molecule has 1 fully saturated rings. The van der Waals surface area contributed by atoms with E-state index >= 15 is 0 Å². The number of rotatable bonds is 6. The second-order valence-electron chi connectivity index (χ2n) is 5.81. The highest BCUT2D eigenvalue weighted by atomic mass is 32.2. The maximum Gasteiger partial charge on any atom is 0.257 e. The smallest absolute Gasteiger partial charge is 0.257 e. The molecular weight excluding hydrogens is 372 g/mol. The zero-order chi connectivity index (χ0) is 19.2. The van der Waals surface area contributed by atoms with E-state index < -0.39 is 22.0 Å². The standard InChI is InChI=1S/C18H22N2O4S2/c1-3-7-14(2)18(22)20-13-25-12-16(20)17(21)19-26(23,24)11-10-15-8-5-4-6-9-15/h4-11,16H,3,12-13H2,1-2H3,(H,19,21)/b11-10-,14-7-/t16-/m1/s1. The quantitative estimate of drug-likeness (QED) is 0.749. The summed E-state index contributed by atoms with van der Waals surface area (Å²) in [5.41, 5.74) is 1.26. The summed E-state index contributed by atoms with van der Waals surface area (Å²) in [5.74, 6) is -0.194. The number of carbonyl (C=O) groups excluding carboxylic acids is 2. The molecule has 1 saturated heterocycles. The largest absolute Gasteiger partial charge is 0.317 e. The second kappa shape index (κ2) is 9.05. The zero-order valence-corrected chi connectivity index (χ0v) is 16.3. The van der Waals surface area contributed by atoms with Crippen LogP contribution in [0.25, 0.3) is 6.08 Å². The van der Waals surface area contributed by atoms with Crippen LogP contribution in [0.2, 0.25) is 0 Å². The van der Waals surface area contributed by atoms with Gasteiger partial charge in [0.15, 0.2) is 0 Å². The van der Waals surface area contributed by atoms with Crippen molar-refractivity contribution in [2.24, 2.45) is 0 Å². The number of sulfonamides is 1. The lowest BCUT2D eigenvalue weighted by Crippen LogP contribution is -2.48. The molecule has 0 radical (unpaired) electrons. The molecule has 1 aliphatic rings. The van der Waals surface area contributed by atoms with Gasteiger partial charge >= 0.3 is 0 Å². The Kier molecular flexibility index (Phi) is 7.05. The first-order chi connectivity index (χ1) is 12.3. The Morgan fingerprint density at radius 3 is 2.65 bits per heavy atom. The van der Waals surface area contributed by atoms with Gasteiger partial charge in [-0.05, 0) is 25.0 Å². The molecular formula is C18H22N2O4S2. The monoisotopic (exact) mass is 394 g/mol. The van der Waals surface area contributed by atoms with Crippen molar-refractivity contribution in [2.45, 2.75) is 26.3 Å². The molecule has 0 bridgehead atoms. The SMILES string of the molecule is CC/C=C(/C)C(=O)N1CSC[C@@H]1C(=O)NS(=O)(=O)/C=C\c1ccccc1. The van der Waals surface area contributed by atoms with E-state index in [0.29, 0.717) is 29.2 Å². The number of hydrogen-bond acceptors (Lipinski definition) is 5. The molecule has 1 aromatic carbocycles. The van der Waals surface area contributed by atoms with Crippen LogP contribution < -0.4 is 4.72 Å². The minimum absolute atomic E-state index is 0.241. The molecule has 2 rings (SSSR count). The van der Waals surface area contributed by atoms with Gasteiger partial charge in [0.05, 0.1) is 11.3 Å². The number of allylic oxidation sites excluding steroid dienone is 1. The number of nitrogens with one attached hydrogen (secondary N) is 1. The van der Waals surface area contributed by atoms with Crippen molar-refractivity contribution >= 4 is 39.7 Å². The molecule has 2 amide bonds. The maximum absolute atomic E-state index is 12.4. The van der Waals surface area contributed by atoms with Crippen LogP contribution in [-0.4, -0.2) is 42.8 Å². The first-order valence-electron chi connectivity index (χ1n) is 8.19. The average molecular weight is 395 g/mol. The van der Waals surface area contributed by atoms with Gasteiger partial charge in [-0.15, -0.1) is 11.8 Å². The van der Waals surface area contributed by atoms with Crippen molar-refractivity contribution in [1.82, 2.24) is 9.62 Å². The first kappa shape index (κ1) is 20.3. The molecule has 0 unspecified atom stereocenters. The third kappa shape index (κ3) is 5.47. The van der Waals surface area contributed by atoms with Gasteiger partial charge in [-0.1, -0.05) is 43.3 Å². The molecule has 0 aromatic heterocycles. The summed E-state index contributed by atoms with van der Waals surface area (Å²) in [6.45, 7) is 3.62. The number of hydrogen-bond donors (Lipinski definition) is 1. The predicted octanol–water partition coefficient (Wildman–Crippen LogP) is 2.36. The Balaban J connectivity index is 2.06. The molecule has 0 aliphatic carbocycles. The normalized spacial score (nSPS) is 18.3. The number of amides is 2. The summed E-state index contributed by atoms with van der Waals surface area (Å²) in [6, 6.07) is 8.11. The molecule has 8 heteroatoms. The van der Waals surface area contributed by atoms with E-state index in [9.17, 15) is 18.0 Å². The van der Waals surface area contributed by atoms with Gasteiger partial charge in [-0.2, -0.15) is 0 Å². The van der Waals surface area contributed by atoms with E-state index in [4.69, 9.17) is 0 Å². The molecule has 0 spiro atoms. The second-order valence-corrected chi connectivity index (χ2v) is 8.38. The van der Waals surface area contributed by atoms with Crippen LogP contribution in [0.1, 0.15) is 25.8 Å². The Morgan fingerprint density at radius 1 is 1.31 bits per heavy atom. The van der Waals surface area contributed by atoms with Crippen molar-refractivity contribution in [3.8, 4) is 0 Å². The molecule has 1 heterocycles. The third-order valence-electron chi connectivity index (χ3n) is 3.78. The summed E-state index contributed by atoms with van der Waals surface area (Å²) < 4.78 is 26.3. The Morgan fingerprint density at radius 2 is 2.00 bits per heavy atom. The minimum Gasteiger partial charge on any atom is -0.317 e. The van der Waals surface area contributed by atoms with E-state index in [1.165, 1.54) is 22.7 Å². The van der Waals surface area contributed by atoms with Gasteiger partial charge in [0.25, 0.3) is 21.8 Å². The van der Waals surface area contributed by atoms with Crippen LogP contribution in [0.4, 0.5) is 0 Å². The van der Waals surface area contributed by atoms with Gasteiger partial charge < -0.3 is 4.90 Å². The van der Waals surface area contributed by atoms with Crippen molar-refractivity contribution in [1.29, 1.82) is 0 Å². The molecule has 26 heavy (non-hydrogen) atoms. The Bertz CT molecular complexity index is 817. The summed E-state index contributed by atoms with van der Waals surface area (Å²) >= 11 is 1.42. The van der Waals surface area contributed by atoms with Gasteiger partial charge in [0, 0.05) is 11.3 Å². The lowest BCUT2D eigenvalue weighted by Gasteiger charge is -2.23. The molecule has 6 nitrogen and oxygen atoms in total. The number of nitrogens with zero attached hydrogens (tertiary/aromatic N) is 1. The van der Waals surface area contributed by atoms with E-state index in [1.807, 2.05) is 17.7 Å². The van der Waals surface area contributed by atoms with Gasteiger partial charge in [0.2, 0.25) is 0 Å². The highest BCUT2D eigenvalue weighted by molar-refractivity contribution is 7.99.